The molecule has 0 aromatic rings. The van der Waals surface area contributed by atoms with E-state index in [-0.39, 0.29) is 6.10 Å². The lowest BCUT2D eigenvalue weighted by Gasteiger charge is -2.24. The molecule has 1 aliphatic carbocycles. The van der Waals surface area contributed by atoms with Crippen molar-refractivity contribution in [1.29, 1.82) is 0 Å². The topological polar surface area (TPSA) is 18.5 Å². The number of hydrogen-bond donors (Lipinski definition) is 0. The van der Waals surface area contributed by atoms with Gasteiger partial charge in [0.15, 0.2) is 0 Å². The molecular weight excluding hydrogens is 204 g/mol. The van der Waals surface area contributed by atoms with Crippen LogP contribution in [0.4, 0.5) is 0 Å². The maximum Gasteiger partial charge on any atom is 0.427 e. The second-order valence-corrected chi connectivity index (χ2v) is 6.02. The average molecular weight is 223 g/mol. The lowest BCUT2D eigenvalue weighted by atomic mass is 9.98. The third-order valence-electron chi connectivity index (χ3n) is 2.23. The lowest BCUT2D eigenvalue weighted by molar-refractivity contribution is 0.101. The highest BCUT2D eigenvalue weighted by Crippen LogP contribution is 2.21. The Hall–Kier alpha value is 0.427. The van der Waals surface area contributed by atoms with E-state index >= 15 is 0 Å². The minimum Gasteiger partial charge on any atom is -0.383 e. The summed E-state index contributed by atoms with van der Waals surface area (Å²) < 4.78 is 11.1. The van der Waals surface area contributed by atoms with Gasteiger partial charge < -0.3 is 8.85 Å². The van der Waals surface area contributed by atoms with Crippen molar-refractivity contribution in [2.75, 3.05) is 0 Å². The predicted octanol–water partition coefficient (Wildman–Crippen LogP) is 2.72. The summed E-state index contributed by atoms with van der Waals surface area (Å²) in [6.07, 6.45) is 6.81. The van der Waals surface area contributed by atoms with Crippen LogP contribution in [-0.4, -0.2) is 20.8 Å². The monoisotopic (exact) mass is 222 g/mol. The average Bonchev–Trinajstić information content (AvgIpc) is 2.04. The van der Waals surface area contributed by atoms with E-state index in [1.807, 2.05) is 13.8 Å². The molecule has 1 saturated carbocycles. The normalized spacial score (nSPS) is 22.2. The van der Waals surface area contributed by atoms with Gasteiger partial charge in [-0.25, -0.2) is 0 Å². The summed E-state index contributed by atoms with van der Waals surface area (Å²) >= 11 is 6.00. The fraction of sp³-hybridized carbons (Fsp3) is 1.00. The van der Waals surface area contributed by atoms with Crippen molar-refractivity contribution < 1.29 is 8.85 Å². The lowest BCUT2D eigenvalue weighted by Crippen LogP contribution is -2.28. The van der Waals surface area contributed by atoms with Gasteiger partial charge in [-0.2, -0.15) is 0 Å². The van der Waals surface area contributed by atoms with Gasteiger partial charge in [0.2, 0.25) is 0 Å². The molecule has 1 aliphatic rings. The van der Waals surface area contributed by atoms with Crippen LogP contribution < -0.4 is 0 Å². The Kier molecular flexibility index (Phi) is 5.32. The van der Waals surface area contributed by atoms with Crippen LogP contribution in [0, 0.1) is 0 Å². The van der Waals surface area contributed by atoms with Crippen molar-refractivity contribution in [1.82, 2.24) is 0 Å². The highest BCUT2D eigenvalue weighted by molar-refractivity contribution is 6.99. The van der Waals surface area contributed by atoms with Crippen molar-refractivity contribution in [2.24, 2.45) is 0 Å². The van der Waals surface area contributed by atoms with E-state index in [1.54, 1.807) is 0 Å². The van der Waals surface area contributed by atoms with E-state index < -0.39 is 8.59 Å². The molecule has 0 aliphatic heterocycles. The minimum atomic E-state index is -1.86. The van der Waals surface area contributed by atoms with Crippen LogP contribution in [-0.2, 0) is 8.85 Å². The molecule has 13 heavy (non-hydrogen) atoms. The minimum absolute atomic E-state index is 0.192. The molecule has 1 unspecified atom stereocenters. The largest absolute Gasteiger partial charge is 0.427 e. The molecule has 0 amide bonds. The Bertz CT molecular complexity index is 138. The molecule has 0 heterocycles. The molecule has 0 bridgehead atoms. The summed E-state index contributed by atoms with van der Waals surface area (Å²) in [4.78, 5) is 0. The van der Waals surface area contributed by atoms with E-state index in [0.717, 1.165) is 12.8 Å². The summed E-state index contributed by atoms with van der Waals surface area (Å²) in [5.74, 6) is 0. The van der Waals surface area contributed by atoms with Gasteiger partial charge in [0, 0.05) is 12.2 Å². The van der Waals surface area contributed by atoms with Crippen LogP contribution in [0.3, 0.4) is 0 Å². The highest BCUT2D eigenvalue weighted by atomic mass is 35.6. The molecule has 2 nitrogen and oxygen atoms in total. The molecule has 0 spiro atoms. The Morgan fingerprint density at radius 3 is 2.38 bits per heavy atom. The van der Waals surface area contributed by atoms with Gasteiger partial charge in [-0.1, -0.05) is 19.3 Å². The van der Waals surface area contributed by atoms with Gasteiger partial charge in [0.25, 0.3) is 0 Å². The number of hydrogen-bond acceptors (Lipinski definition) is 2. The van der Waals surface area contributed by atoms with Crippen LogP contribution in [0.25, 0.3) is 0 Å². The van der Waals surface area contributed by atoms with Crippen molar-refractivity contribution in [3.8, 4) is 0 Å². The van der Waals surface area contributed by atoms with Crippen LogP contribution in [0.2, 0.25) is 0 Å². The van der Waals surface area contributed by atoms with Gasteiger partial charge in [0.1, 0.15) is 0 Å². The number of halogens is 1. The molecule has 1 rings (SSSR count). The third-order valence-corrected chi connectivity index (χ3v) is 4.21. The van der Waals surface area contributed by atoms with E-state index in [2.05, 4.69) is 0 Å². The molecule has 0 saturated heterocycles. The Labute approximate surface area is 87.1 Å². The molecule has 78 valence electrons. The van der Waals surface area contributed by atoms with E-state index in [0.29, 0.717) is 6.10 Å². The summed E-state index contributed by atoms with van der Waals surface area (Å²) in [6.45, 7) is 3.99. The van der Waals surface area contributed by atoms with Crippen LogP contribution in [0.5, 0.6) is 0 Å². The number of rotatable bonds is 4. The molecule has 0 aromatic heterocycles. The first-order valence-corrected chi connectivity index (χ1v) is 7.82. The fourth-order valence-corrected chi connectivity index (χ4v) is 3.72. The standard InChI is InChI=1S/C9H19ClO2Si/c1-8(2)11-13(10)12-9-6-4-3-5-7-9/h8-9,13H,3-7H2,1-2H3. The summed E-state index contributed by atoms with van der Waals surface area (Å²) in [5.41, 5.74) is 0. The van der Waals surface area contributed by atoms with Gasteiger partial charge in [-0.05, 0) is 26.7 Å². The molecule has 1 fully saturated rings. The second kappa shape index (κ2) is 6.01. The Balaban J connectivity index is 2.14. The van der Waals surface area contributed by atoms with Crippen molar-refractivity contribution in [2.45, 2.75) is 58.2 Å². The summed E-state index contributed by atoms with van der Waals surface area (Å²) in [6, 6.07) is 0. The first kappa shape index (κ1) is 11.5. The SMILES string of the molecule is CC(C)O[SiH](Cl)OC1CCCCC1. The van der Waals surface area contributed by atoms with Crippen molar-refractivity contribution >= 4 is 19.7 Å². The molecule has 0 aromatic carbocycles. The van der Waals surface area contributed by atoms with E-state index in [1.165, 1.54) is 19.3 Å². The molecule has 1 atom stereocenters. The fourth-order valence-electron chi connectivity index (χ4n) is 1.60. The second-order valence-electron chi connectivity index (χ2n) is 3.86. The summed E-state index contributed by atoms with van der Waals surface area (Å²) in [5, 5.41) is 0. The maximum absolute atomic E-state index is 6.00. The van der Waals surface area contributed by atoms with Gasteiger partial charge >= 0.3 is 8.59 Å². The van der Waals surface area contributed by atoms with E-state index in [9.17, 15) is 0 Å². The van der Waals surface area contributed by atoms with E-state index in [4.69, 9.17) is 19.9 Å². The Morgan fingerprint density at radius 1 is 1.23 bits per heavy atom. The molecule has 4 heteroatoms. The molecule has 0 N–H and O–H groups in total. The van der Waals surface area contributed by atoms with Crippen molar-refractivity contribution in [3.63, 3.8) is 0 Å². The zero-order valence-corrected chi connectivity index (χ0v) is 10.4. The van der Waals surface area contributed by atoms with Crippen LogP contribution in [0.1, 0.15) is 46.0 Å². The quantitative estimate of drug-likeness (QED) is 0.538. The molecular formula is C9H19ClO2Si. The first-order chi connectivity index (χ1) is 6.18. The van der Waals surface area contributed by atoms with Crippen LogP contribution >= 0.6 is 11.1 Å². The van der Waals surface area contributed by atoms with Crippen LogP contribution in [0.15, 0.2) is 0 Å². The third kappa shape index (κ3) is 5.01. The van der Waals surface area contributed by atoms with Gasteiger partial charge in [-0.3, -0.25) is 0 Å². The predicted molar refractivity (Wildman–Crippen MR) is 57.2 cm³/mol. The Morgan fingerprint density at radius 2 is 1.85 bits per heavy atom. The smallest absolute Gasteiger partial charge is 0.383 e. The summed E-state index contributed by atoms with van der Waals surface area (Å²) in [7, 11) is -1.86. The first-order valence-electron chi connectivity index (χ1n) is 5.13. The zero-order valence-electron chi connectivity index (χ0n) is 8.46. The van der Waals surface area contributed by atoms with Crippen molar-refractivity contribution in [3.05, 3.63) is 0 Å². The molecule has 0 radical (unpaired) electrons. The van der Waals surface area contributed by atoms with Gasteiger partial charge in [-0.15, -0.1) is 11.1 Å². The zero-order chi connectivity index (χ0) is 9.68. The maximum atomic E-state index is 6.00. The highest BCUT2D eigenvalue weighted by Gasteiger charge is 2.20. The van der Waals surface area contributed by atoms with Gasteiger partial charge in [0.05, 0.1) is 0 Å².